The fourth-order valence-electron chi connectivity index (χ4n) is 14.6. The number of hydrogen-bond acceptors (Lipinski definition) is 4. The zero-order valence-electron chi connectivity index (χ0n) is 59.9. The third-order valence-corrected chi connectivity index (χ3v) is 22.3. The van der Waals surface area contributed by atoms with Crippen LogP contribution in [0.1, 0.15) is 55.4 Å². The van der Waals surface area contributed by atoms with Crippen molar-refractivity contribution in [2.24, 2.45) is 0 Å². The number of halogens is 2. The van der Waals surface area contributed by atoms with Crippen LogP contribution >= 0.6 is 31.9 Å². The summed E-state index contributed by atoms with van der Waals surface area (Å²) in [6, 6.07) is 122. The summed E-state index contributed by atoms with van der Waals surface area (Å²) in [5.74, 6) is 0. The molecule has 2 heterocycles. The van der Waals surface area contributed by atoms with Gasteiger partial charge in [0.2, 0.25) is 0 Å². The topological polar surface area (TPSA) is 36.9 Å². The van der Waals surface area contributed by atoms with Crippen LogP contribution in [0.15, 0.2) is 349 Å². The van der Waals surface area contributed by atoms with E-state index in [1.54, 1.807) is 0 Å². The Balaban J connectivity index is 0.000000175. The van der Waals surface area contributed by atoms with Gasteiger partial charge in [0.1, 0.15) is 0 Å². The van der Waals surface area contributed by atoms with Gasteiger partial charge in [-0.2, -0.15) is 0 Å². The van der Waals surface area contributed by atoms with Crippen molar-refractivity contribution in [3.05, 3.63) is 349 Å². The lowest BCUT2D eigenvalue weighted by molar-refractivity contribution is 0.00578. The zero-order chi connectivity index (χ0) is 71.7. The van der Waals surface area contributed by atoms with Gasteiger partial charge in [0.05, 0.1) is 22.4 Å². The molecule has 2 fully saturated rings. The molecular formula is C96H80B2Br2O4. The lowest BCUT2D eigenvalue weighted by atomic mass is 9.72. The first-order valence-corrected chi connectivity index (χ1v) is 37.4. The lowest BCUT2D eigenvalue weighted by Gasteiger charge is -2.32. The molecule has 0 N–H and O–H groups in total. The Morgan fingerprint density at radius 2 is 0.298 bits per heavy atom. The second-order valence-electron chi connectivity index (χ2n) is 28.9. The highest BCUT2D eigenvalue weighted by Crippen LogP contribution is 2.58. The largest absolute Gasteiger partial charge is 0.494 e. The molecule has 2 aliphatic heterocycles. The first-order valence-electron chi connectivity index (χ1n) is 35.8. The SMILES string of the molecule is Brc1ccc(-c2c(-c3ccccc3)c(-c3ccccc3)c(-c3ccc(Br)cc3)c(-c3ccccc3)c2-c2ccccc2)cc1.CC1(C)OB(c2ccc(-c3c(-c4ccccc4)c(-c4ccccc4)c(-c4ccc(B5OC(C)(C)C(C)(C)O5)cc4)c(-c4ccccc4)c3-c3ccccc3)cc2)OC1(C)C. The molecule has 16 rings (SSSR count). The van der Waals surface area contributed by atoms with E-state index in [9.17, 15) is 0 Å². The van der Waals surface area contributed by atoms with Gasteiger partial charge in [-0.3, -0.25) is 0 Å². The van der Waals surface area contributed by atoms with Crippen molar-refractivity contribution in [3.8, 4) is 134 Å². The Hall–Kier alpha value is -9.99. The van der Waals surface area contributed by atoms with Crippen LogP contribution in [0.3, 0.4) is 0 Å². The molecule has 14 aromatic rings. The monoisotopic (exact) mass is 1480 g/mol. The molecule has 0 saturated carbocycles. The van der Waals surface area contributed by atoms with Gasteiger partial charge in [-0.05, 0) is 224 Å². The van der Waals surface area contributed by atoms with Gasteiger partial charge in [0.15, 0.2) is 0 Å². The van der Waals surface area contributed by atoms with E-state index in [4.69, 9.17) is 18.6 Å². The molecule has 0 aliphatic carbocycles. The molecule has 104 heavy (non-hydrogen) atoms. The van der Waals surface area contributed by atoms with E-state index in [0.29, 0.717) is 0 Å². The first kappa shape index (κ1) is 69.7. The van der Waals surface area contributed by atoms with E-state index >= 15 is 0 Å². The molecule has 0 atom stereocenters. The van der Waals surface area contributed by atoms with Gasteiger partial charge in [-0.15, -0.1) is 0 Å². The van der Waals surface area contributed by atoms with E-state index in [0.717, 1.165) is 86.6 Å². The molecule has 0 aromatic heterocycles. The van der Waals surface area contributed by atoms with Gasteiger partial charge in [0.25, 0.3) is 0 Å². The molecule has 0 amide bonds. The number of rotatable bonds is 14. The van der Waals surface area contributed by atoms with Crippen LogP contribution in [0.2, 0.25) is 0 Å². The highest BCUT2D eigenvalue weighted by Gasteiger charge is 2.53. The summed E-state index contributed by atoms with van der Waals surface area (Å²) < 4.78 is 28.2. The highest BCUT2D eigenvalue weighted by molar-refractivity contribution is 9.10. The Morgan fingerprint density at radius 3 is 0.442 bits per heavy atom. The summed E-state index contributed by atoms with van der Waals surface area (Å²) >= 11 is 7.38. The van der Waals surface area contributed by atoms with Crippen molar-refractivity contribution in [1.82, 2.24) is 0 Å². The summed E-state index contributed by atoms with van der Waals surface area (Å²) in [6.45, 7) is 16.8. The Kier molecular flexibility index (Phi) is 19.6. The van der Waals surface area contributed by atoms with E-state index < -0.39 is 36.6 Å². The predicted octanol–water partition coefficient (Wildman–Crippen LogP) is 25.5. The molecule has 0 unspecified atom stereocenters. The average Bonchev–Trinajstić information content (AvgIpc) is 0.793. The van der Waals surface area contributed by atoms with Crippen molar-refractivity contribution in [2.45, 2.75) is 77.8 Å². The normalized spacial score (nSPS) is 14.8. The predicted molar refractivity (Wildman–Crippen MR) is 445 cm³/mol. The Labute approximate surface area is 631 Å². The smallest absolute Gasteiger partial charge is 0.399 e. The minimum Gasteiger partial charge on any atom is -0.399 e. The van der Waals surface area contributed by atoms with Gasteiger partial charge in [-0.1, -0.05) is 347 Å². The van der Waals surface area contributed by atoms with Gasteiger partial charge >= 0.3 is 14.2 Å². The Bertz CT molecular complexity index is 4740. The van der Waals surface area contributed by atoms with E-state index in [1.165, 1.54) is 66.8 Å². The second-order valence-corrected chi connectivity index (χ2v) is 30.7. The molecule has 0 bridgehead atoms. The summed E-state index contributed by atoms with van der Waals surface area (Å²) in [4.78, 5) is 0. The van der Waals surface area contributed by atoms with Crippen LogP contribution in [0.4, 0.5) is 0 Å². The minimum atomic E-state index is -0.464. The van der Waals surface area contributed by atoms with Crippen LogP contribution in [0, 0.1) is 0 Å². The molecule has 2 saturated heterocycles. The van der Waals surface area contributed by atoms with Crippen molar-refractivity contribution in [2.75, 3.05) is 0 Å². The summed E-state index contributed by atoms with van der Waals surface area (Å²) in [7, 11) is -0.929. The zero-order valence-corrected chi connectivity index (χ0v) is 63.0. The quantitative estimate of drug-likeness (QED) is 0.102. The van der Waals surface area contributed by atoms with E-state index in [2.05, 4.69) is 427 Å². The van der Waals surface area contributed by atoms with Crippen LogP contribution < -0.4 is 10.9 Å². The third kappa shape index (κ3) is 13.7. The molecule has 0 spiro atoms. The number of benzene rings is 14. The second kappa shape index (κ2) is 29.3. The maximum atomic E-state index is 6.52. The van der Waals surface area contributed by atoms with Crippen LogP contribution in [0.25, 0.3) is 134 Å². The number of hydrogen-bond donors (Lipinski definition) is 0. The van der Waals surface area contributed by atoms with Crippen LogP contribution in [-0.2, 0) is 18.6 Å². The van der Waals surface area contributed by atoms with Gasteiger partial charge in [-0.25, -0.2) is 0 Å². The third-order valence-electron chi connectivity index (χ3n) is 21.2. The molecule has 2 aliphatic rings. The standard InChI is InChI=1S/C54H52B2O4.C42H28Br2/c1-51(2)52(3,4)58-55(57-51)43-33-29-41(30-34-43)49-45(37-21-13-9-14-22-37)47(39-25-17-11-18-26-39)50(42-31-35-44(36-32-42)56-59-53(5,6)54(7,8)60-56)48(40-27-19-12-20-28-40)46(49)38-23-15-10-16-24-38;43-35-25-21-33(22-26-35)41-37(29-13-5-1-6-14-29)38(30-15-7-2-8-16-30)42(34-23-27-36(44)28-24-34)40(32-19-11-4-12-20-32)39(41)31-17-9-3-10-18-31/h9-36H,1-8H3;1-28H. The molecule has 0 radical (unpaired) electrons. The molecule has 14 aromatic carbocycles. The van der Waals surface area contributed by atoms with Crippen molar-refractivity contribution >= 4 is 57.0 Å². The summed E-state index contributed by atoms with van der Waals surface area (Å²) in [5.41, 5.74) is 28.3. The molecule has 4 nitrogen and oxygen atoms in total. The maximum Gasteiger partial charge on any atom is 0.494 e. The van der Waals surface area contributed by atoms with Crippen molar-refractivity contribution in [3.63, 3.8) is 0 Å². The van der Waals surface area contributed by atoms with E-state index in [-0.39, 0.29) is 0 Å². The highest BCUT2D eigenvalue weighted by atomic mass is 79.9. The molecular weight excluding hydrogens is 1400 g/mol. The maximum absolute atomic E-state index is 6.52. The van der Waals surface area contributed by atoms with E-state index in [1.807, 2.05) is 0 Å². The van der Waals surface area contributed by atoms with Gasteiger partial charge < -0.3 is 18.6 Å². The summed E-state index contributed by atoms with van der Waals surface area (Å²) in [5, 5.41) is 0. The minimum absolute atomic E-state index is 0.440. The van der Waals surface area contributed by atoms with Crippen molar-refractivity contribution in [1.29, 1.82) is 0 Å². The van der Waals surface area contributed by atoms with Crippen LogP contribution in [0.5, 0.6) is 0 Å². The average molecular weight is 1480 g/mol. The van der Waals surface area contributed by atoms with Crippen molar-refractivity contribution < 1.29 is 18.6 Å². The Morgan fingerprint density at radius 1 is 0.173 bits per heavy atom. The molecule has 8 heteroatoms. The molecule has 508 valence electrons. The summed E-state index contributed by atoms with van der Waals surface area (Å²) in [6.07, 6.45) is 0. The van der Waals surface area contributed by atoms with Gasteiger partial charge in [0, 0.05) is 8.95 Å². The lowest BCUT2D eigenvalue weighted by Crippen LogP contribution is -2.41. The fraction of sp³-hybridized carbons (Fsp3) is 0.125. The first-order chi connectivity index (χ1) is 50.4. The fourth-order valence-corrected chi connectivity index (χ4v) is 15.1. The van der Waals surface area contributed by atoms with Crippen LogP contribution in [-0.4, -0.2) is 36.6 Å².